The van der Waals surface area contributed by atoms with Crippen LogP contribution < -0.4 is 5.32 Å². The van der Waals surface area contributed by atoms with Gasteiger partial charge in [0.15, 0.2) is 0 Å². The Kier molecular flexibility index (Phi) is 3.55. The lowest BCUT2D eigenvalue weighted by atomic mass is 10.2. The first-order chi connectivity index (χ1) is 8.90. The second kappa shape index (κ2) is 5.48. The van der Waals surface area contributed by atoms with Gasteiger partial charge in [-0.2, -0.15) is 16.9 Å². The molecule has 1 N–H and O–H groups in total. The Hall–Kier alpha value is -1.42. The SMILES string of the molecule is c1ccc(Cn2cc(NC3CCSC3)cn2)cc1. The molecular weight excluding hydrogens is 242 g/mol. The molecule has 3 rings (SSSR count). The molecule has 3 nitrogen and oxygen atoms in total. The average molecular weight is 259 g/mol. The van der Waals surface area contributed by atoms with Crippen molar-refractivity contribution in [1.29, 1.82) is 0 Å². The molecule has 1 saturated heterocycles. The Labute approximate surface area is 112 Å². The van der Waals surface area contributed by atoms with Gasteiger partial charge in [0, 0.05) is 18.0 Å². The minimum Gasteiger partial charge on any atom is -0.379 e. The van der Waals surface area contributed by atoms with Crippen molar-refractivity contribution < 1.29 is 0 Å². The molecule has 0 amide bonds. The predicted molar refractivity (Wildman–Crippen MR) is 77.1 cm³/mol. The molecule has 18 heavy (non-hydrogen) atoms. The number of nitrogens with one attached hydrogen (secondary N) is 1. The van der Waals surface area contributed by atoms with E-state index in [9.17, 15) is 0 Å². The van der Waals surface area contributed by atoms with Crippen LogP contribution in [0.2, 0.25) is 0 Å². The third-order valence-electron chi connectivity index (χ3n) is 3.12. The van der Waals surface area contributed by atoms with Crippen LogP contribution in [0.5, 0.6) is 0 Å². The molecule has 1 fully saturated rings. The van der Waals surface area contributed by atoms with Gasteiger partial charge in [-0.3, -0.25) is 4.68 Å². The van der Waals surface area contributed by atoms with Crippen molar-refractivity contribution in [2.45, 2.75) is 19.0 Å². The van der Waals surface area contributed by atoms with Crippen LogP contribution in [0.3, 0.4) is 0 Å². The smallest absolute Gasteiger partial charge is 0.0729 e. The summed E-state index contributed by atoms with van der Waals surface area (Å²) in [6.45, 7) is 0.835. The van der Waals surface area contributed by atoms with Crippen molar-refractivity contribution in [2.24, 2.45) is 0 Å². The van der Waals surface area contributed by atoms with Gasteiger partial charge in [0.25, 0.3) is 0 Å². The number of hydrogen-bond donors (Lipinski definition) is 1. The highest BCUT2D eigenvalue weighted by molar-refractivity contribution is 7.99. The van der Waals surface area contributed by atoms with E-state index < -0.39 is 0 Å². The molecule has 1 atom stereocenters. The van der Waals surface area contributed by atoms with Crippen LogP contribution >= 0.6 is 11.8 Å². The molecule has 1 aliphatic rings. The normalized spacial score (nSPS) is 19.0. The molecule has 2 heterocycles. The lowest BCUT2D eigenvalue weighted by Gasteiger charge is -2.09. The van der Waals surface area contributed by atoms with E-state index in [1.165, 1.54) is 23.5 Å². The average Bonchev–Trinajstić information content (AvgIpc) is 3.03. The summed E-state index contributed by atoms with van der Waals surface area (Å²) < 4.78 is 1.99. The largest absolute Gasteiger partial charge is 0.379 e. The number of aromatic nitrogens is 2. The van der Waals surface area contributed by atoms with Gasteiger partial charge >= 0.3 is 0 Å². The third kappa shape index (κ3) is 2.88. The van der Waals surface area contributed by atoms with E-state index in [0.717, 1.165) is 12.2 Å². The number of benzene rings is 1. The molecule has 0 saturated carbocycles. The Morgan fingerprint density at radius 1 is 1.33 bits per heavy atom. The topological polar surface area (TPSA) is 29.9 Å². The monoisotopic (exact) mass is 259 g/mol. The zero-order valence-corrected chi connectivity index (χ0v) is 11.1. The first-order valence-corrected chi connectivity index (χ1v) is 7.46. The Morgan fingerprint density at radius 3 is 3.00 bits per heavy atom. The highest BCUT2D eigenvalue weighted by atomic mass is 32.2. The number of anilines is 1. The van der Waals surface area contributed by atoms with Gasteiger partial charge in [0.05, 0.1) is 18.4 Å². The molecule has 94 valence electrons. The first-order valence-electron chi connectivity index (χ1n) is 6.31. The molecule has 1 unspecified atom stereocenters. The van der Waals surface area contributed by atoms with E-state index in [-0.39, 0.29) is 0 Å². The molecule has 1 aromatic carbocycles. The fourth-order valence-corrected chi connectivity index (χ4v) is 3.33. The quantitative estimate of drug-likeness (QED) is 0.915. The Bertz CT molecular complexity index is 489. The maximum atomic E-state index is 4.40. The number of nitrogens with zero attached hydrogens (tertiary/aromatic N) is 2. The molecule has 0 aliphatic carbocycles. The maximum Gasteiger partial charge on any atom is 0.0729 e. The van der Waals surface area contributed by atoms with Crippen LogP contribution in [0.1, 0.15) is 12.0 Å². The third-order valence-corrected chi connectivity index (χ3v) is 4.28. The molecule has 4 heteroatoms. The molecular formula is C14H17N3S. The summed E-state index contributed by atoms with van der Waals surface area (Å²) in [4.78, 5) is 0. The van der Waals surface area contributed by atoms with Crippen LogP contribution in [-0.4, -0.2) is 27.3 Å². The van der Waals surface area contributed by atoms with E-state index >= 15 is 0 Å². The summed E-state index contributed by atoms with van der Waals surface area (Å²) in [6, 6.07) is 11.0. The van der Waals surface area contributed by atoms with Crippen molar-refractivity contribution in [3.8, 4) is 0 Å². The lowest BCUT2D eigenvalue weighted by Crippen LogP contribution is -2.17. The summed E-state index contributed by atoms with van der Waals surface area (Å²) in [7, 11) is 0. The highest BCUT2D eigenvalue weighted by Crippen LogP contribution is 2.21. The molecule has 2 aromatic rings. The zero-order chi connectivity index (χ0) is 12.2. The van der Waals surface area contributed by atoms with E-state index in [1.54, 1.807) is 0 Å². The second-order valence-electron chi connectivity index (χ2n) is 4.62. The zero-order valence-electron chi connectivity index (χ0n) is 10.2. The second-order valence-corrected chi connectivity index (χ2v) is 5.77. The van der Waals surface area contributed by atoms with Gasteiger partial charge in [0.1, 0.15) is 0 Å². The fraction of sp³-hybridized carbons (Fsp3) is 0.357. The summed E-state index contributed by atoms with van der Waals surface area (Å²) in [5.41, 5.74) is 2.42. The predicted octanol–water partition coefficient (Wildman–Crippen LogP) is 2.85. The van der Waals surface area contributed by atoms with Crippen LogP contribution in [0.25, 0.3) is 0 Å². The minimum absolute atomic E-state index is 0.615. The van der Waals surface area contributed by atoms with Crippen molar-refractivity contribution in [3.05, 3.63) is 48.3 Å². The lowest BCUT2D eigenvalue weighted by molar-refractivity contribution is 0.687. The fourth-order valence-electron chi connectivity index (χ4n) is 2.18. The van der Waals surface area contributed by atoms with Gasteiger partial charge in [0.2, 0.25) is 0 Å². The van der Waals surface area contributed by atoms with Gasteiger partial charge in [-0.25, -0.2) is 0 Å². The summed E-state index contributed by atoms with van der Waals surface area (Å²) in [6.07, 6.45) is 5.27. The molecule has 1 aromatic heterocycles. The van der Waals surface area contributed by atoms with Crippen molar-refractivity contribution in [1.82, 2.24) is 9.78 Å². The van der Waals surface area contributed by atoms with Gasteiger partial charge in [-0.15, -0.1) is 0 Å². The van der Waals surface area contributed by atoms with Gasteiger partial charge in [-0.05, 0) is 17.7 Å². The van der Waals surface area contributed by atoms with Gasteiger partial charge in [-0.1, -0.05) is 30.3 Å². The first kappa shape index (κ1) is 11.7. The minimum atomic E-state index is 0.615. The van der Waals surface area contributed by atoms with E-state index in [1.807, 2.05) is 28.7 Å². The van der Waals surface area contributed by atoms with E-state index in [2.05, 4.69) is 40.9 Å². The van der Waals surface area contributed by atoms with Crippen LogP contribution in [-0.2, 0) is 6.54 Å². The van der Waals surface area contributed by atoms with Crippen molar-refractivity contribution >= 4 is 17.4 Å². The van der Waals surface area contributed by atoms with Crippen LogP contribution in [0.4, 0.5) is 5.69 Å². The molecule has 0 spiro atoms. The van der Waals surface area contributed by atoms with Crippen LogP contribution in [0, 0.1) is 0 Å². The summed E-state index contributed by atoms with van der Waals surface area (Å²) in [5, 5.41) is 7.94. The van der Waals surface area contributed by atoms with Gasteiger partial charge < -0.3 is 5.32 Å². The Balaban J connectivity index is 1.62. The maximum absolute atomic E-state index is 4.40. The van der Waals surface area contributed by atoms with E-state index in [0.29, 0.717) is 6.04 Å². The number of rotatable bonds is 4. The molecule has 1 aliphatic heterocycles. The summed E-state index contributed by atoms with van der Waals surface area (Å²) >= 11 is 2.02. The summed E-state index contributed by atoms with van der Waals surface area (Å²) in [5.74, 6) is 2.49. The standard InChI is InChI=1S/C14H17N3S/c1-2-4-12(5-3-1)9-17-10-14(8-15-17)16-13-6-7-18-11-13/h1-5,8,10,13,16H,6-7,9,11H2. The van der Waals surface area contributed by atoms with Crippen LogP contribution in [0.15, 0.2) is 42.7 Å². The van der Waals surface area contributed by atoms with Crippen molar-refractivity contribution in [2.75, 3.05) is 16.8 Å². The number of thioether (sulfide) groups is 1. The molecule has 0 bridgehead atoms. The van der Waals surface area contributed by atoms with Crippen molar-refractivity contribution in [3.63, 3.8) is 0 Å². The number of hydrogen-bond acceptors (Lipinski definition) is 3. The molecule has 0 radical (unpaired) electrons. The van der Waals surface area contributed by atoms with E-state index in [4.69, 9.17) is 0 Å². The Morgan fingerprint density at radius 2 is 2.22 bits per heavy atom. The highest BCUT2D eigenvalue weighted by Gasteiger charge is 2.15.